The summed E-state index contributed by atoms with van der Waals surface area (Å²) in [5.74, 6) is 1.49. The highest BCUT2D eigenvalue weighted by Gasteiger charge is 2.13. The maximum absolute atomic E-state index is 11.9. The Balaban J connectivity index is 2.03. The summed E-state index contributed by atoms with van der Waals surface area (Å²) in [5.41, 5.74) is 0.859. The highest BCUT2D eigenvalue weighted by atomic mass is 32.1. The molecule has 0 aliphatic rings. The molecule has 0 spiro atoms. The van der Waals surface area contributed by atoms with Crippen molar-refractivity contribution in [2.24, 2.45) is 0 Å². The van der Waals surface area contributed by atoms with Crippen LogP contribution in [0.4, 0.5) is 0 Å². The van der Waals surface area contributed by atoms with Crippen LogP contribution in [-0.4, -0.2) is 27.2 Å². The molecule has 2 rings (SSSR count). The summed E-state index contributed by atoms with van der Waals surface area (Å²) in [4.78, 5) is 12.9. The third-order valence-electron chi connectivity index (χ3n) is 3.13. The Morgan fingerprint density at radius 2 is 1.87 bits per heavy atom. The number of hydrogen-bond acceptors (Lipinski definition) is 5. The molecule has 1 aromatic heterocycles. The van der Waals surface area contributed by atoms with Gasteiger partial charge in [0.25, 0.3) is 0 Å². The van der Waals surface area contributed by atoms with E-state index in [9.17, 15) is 4.79 Å². The molecular formula is C17H19NO4S. The van der Waals surface area contributed by atoms with Crippen LogP contribution in [0.3, 0.4) is 0 Å². The number of methoxy groups -OCH3 is 3. The van der Waals surface area contributed by atoms with Crippen LogP contribution in [0.2, 0.25) is 0 Å². The van der Waals surface area contributed by atoms with E-state index in [1.165, 1.54) is 6.08 Å². The van der Waals surface area contributed by atoms with Gasteiger partial charge in [0, 0.05) is 17.5 Å². The smallest absolute Gasteiger partial charge is 0.244 e. The number of ether oxygens (including phenoxy) is 3. The lowest BCUT2D eigenvalue weighted by atomic mass is 10.1. The van der Waals surface area contributed by atoms with E-state index in [0.717, 1.165) is 10.4 Å². The van der Waals surface area contributed by atoms with E-state index >= 15 is 0 Å². The fourth-order valence-electron chi connectivity index (χ4n) is 2.03. The number of nitrogens with one attached hydrogen (secondary N) is 1. The van der Waals surface area contributed by atoms with Crippen LogP contribution in [-0.2, 0) is 11.3 Å². The second-order valence-corrected chi connectivity index (χ2v) is 5.58. The molecule has 0 unspecified atom stereocenters. The maximum Gasteiger partial charge on any atom is 0.244 e. The van der Waals surface area contributed by atoms with Gasteiger partial charge in [0.05, 0.1) is 21.3 Å². The summed E-state index contributed by atoms with van der Waals surface area (Å²) in [6.45, 7) is 0.365. The minimum absolute atomic E-state index is 0.160. The molecule has 0 saturated carbocycles. The van der Waals surface area contributed by atoms with Gasteiger partial charge < -0.3 is 19.5 Å². The summed E-state index contributed by atoms with van der Waals surface area (Å²) in [7, 11) is 4.67. The summed E-state index contributed by atoms with van der Waals surface area (Å²) in [5, 5.41) is 4.79. The Hall–Kier alpha value is -2.47. The molecule has 0 atom stereocenters. The molecule has 0 fully saturated rings. The van der Waals surface area contributed by atoms with Gasteiger partial charge in [0.2, 0.25) is 11.7 Å². The summed E-state index contributed by atoms with van der Waals surface area (Å²) >= 11 is 1.58. The molecule has 122 valence electrons. The van der Waals surface area contributed by atoms with Gasteiger partial charge in [-0.1, -0.05) is 6.07 Å². The first kappa shape index (κ1) is 16.9. The van der Waals surface area contributed by atoms with Crippen molar-refractivity contribution < 1.29 is 19.0 Å². The van der Waals surface area contributed by atoms with Crippen molar-refractivity contribution in [1.82, 2.24) is 5.32 Å². The number of thiophene rings is 1. The molecule has 0 radical (unpaired) electrons. The maximum atomic E-state index is 11.9. The number of benzene rings is 1. The van der Waals surface area contributed by atoms with Crippen LogP contribution in [0.1, 0.15) is 10.4 Å². The van der Waals surface area contributed by atoms with Crippen LogP contribution >= 0.6 is 11.3 Å². The SMILES string of the molecule is COc1cc(CNC(=O)/C=C/c2cccs2)cc(OC)c1OC. The molecule has 6 heteroatoms. The lowest BCUT2D eigenvalue weighted by Gasteiger charge is -2.14. The third kappa shape index (κ3) is 4.50. The average molecular weight is 333 g/mol. The van der Waals surface area contributed by atoms with Crippen LogP contribution in [0.5, 0.6) is 17.2 Å². The van der Waals surface area contributed by atoms with Gasteiger partial charge in [-0.2, -0.15) is 0 Å². The van der Waals surface area contributed by atoms with Crippen molar-refractivity contribution in [2.75, 3.05) is 21.3 Å². The Kier molecular flexibility index (Phi) is 6.05. The molecule has 1 N–H and O–H groups in total. The zero-order valence-corrected chi connectivity index (χ0v) is 14.1. The van der Waals surface area contributed by atoms with Crippen molar-refractivity contribution in [2.45, 2.75) is 6.54 Å². The minimum atomic E-state index is -0.160. The van der Waals surface area contributed by atoms with E-state index < -0.39 is 0 Å². The van der Waals surface area contributed by atoms with Crippen LogP contribution in [0, 0.1) is 0 Å². The Morgan fingerprint density at radius 1 is 1.17 bits per heavy atom. The second kappa shape index (κ2) is 8.24. The van der Waals surface area contributed by atoms with Crippen molar-refractivity contribution in [3.8, 4) is 17.2 Å². The minimum Gasteiger partial charge on any atom is -0.493 e. The van der Waals surface area contributed by atoms with Crippen LogP contribution in [0.25, 0.3) is 6.08 Å². The fraction of sp³-hybridized carbons (Fsp3) is 0.235. The molecule has 0 aliphatic heterocycles. The first-order valence-electron chi connectivity index (χ1n) is 6.96. The topological polar surface area (TPSA) is 56.8 Å². The molecule has 1 amide bonds. The molecular weight excluding hydrogens is 314 g/mol. The average Bonchev–Trinajstić information content (AvgIpc) is 3.10. The zero-order chi connectivity index (χ0) is 16.7. The Bertz CT molecular complexity index is 655. The predicted molar refractivity (Wildman–Crippen MR) is 91.3 cm³/mol. The summed E-state index contributed by atoms with van der Waals surface area (Å²) in [6.07, 6.45) is 3.30. The monoisotopic (exact) mass is 333 g/mol. The van der Waals surface area contributed by atoms with Gasteiger partial charge in [0.1, 0.15) is 0 Å². The van der Waals surface area contributed by atoms with Crippen molar-refractivity contribution in [1.29, 1.82) is 0 Å². The van der Waals surface area contributed by atoms with Crippen molar-refractivity contribution in [3.63, 3.8) is 0 Å². The fourth-order valence-corrected chi connectivity index (χ4v) is 2.65. The third-order valence-corrected chi connectivity index (χ3v) is 3.97. The van der Waals surface area contributed by atoms with E-state index in [1.54, 1.807) is 38.7 Å². The van der Waals surface area contributed by atoms with Gasteiger partial charge >= 0.3 is 0 Å². The highest BCUT2D eigenvalue weighted by molar-refractivity contribution is 7.10. The van der Waals surface area contributed by atoms with E-state index in [2.05, 4.69) is 5.32 Å². The lowest BCUT2D eigenvalue weighted by Crippen LogP contribution is -2.20. The van der Waals surface area contributed by atoms with E-state index in [4.69, 9.17) is 14.2 Å². The Morgan fingerprint density at radius 3 is 2.39 bits per heavy atom. The largest absolute Gasteiger partial charge is 0.493 e. The van der Waals surface area contributed by atoms with Crippen LogP contribution < -0.4 is 19.5 Å². The van der Waals surface area contributed by atoms with Gasteiger partial charge in [-0.05, 0) is 35.2 Å². The molecule has 0 aliphatic carbocycles. The summed E-state index contributed by atoms with van der Waals surface area (Å²) in [6, 6.07) is 7.51. The molecule has 5 nitrogen and oxygen atoms in total. The molecule has 2 aromatic rings. The Labute approximate surface area is 139 Å². The van der Waals surface area contributed by atoms with Gasteiger partial charge in [-0.15, -0.1) is 11.3 Å². The van der Waals surface area contributed by atoms with E-state index in [-0.39, 0.29) is 5.91 Å². The van der Waals surface area contributed by atoms with Gasteiger partial charge in [-0.3, -0.25) is 4.79 Å². The first-order chi connectivity index (χ1) is 11.2. The standard InChI is InChI=1S/C17H19NO4S/c1-20-14-9-12(10-15(21-2)17(14)22-3)11-18-16(19)7-6-13-5-4-8-23-13/h4-10H,11H2,1-3H3,(H,18,19)/b7-6+. The zero-order valence-electron chi connectivity index (χ0n) is 13.3. The van der Waals surface area contributed by atoms with Crippen LogP contribution in [0.15, 0.2) is 35.7 Å². The second-order valence-electron chi connectivity index (χ2n) is 4.60. The molecule has 1 aromatic carbocycles. The highest BCUT2D eigenvalue weighted by Crippen LogP contribution is 2.38. The van der Waals surface area contributed by atoms with Gasteiger partial charge in [0.15, 0.2) is 11.5 Å². The molecule has 0 bridgehead atoms. The van der Waals surface area contributed by atoms with E-state index in [0.29, 0.717) is 23.8 Å². The van der Waals surface area contributed by atoms with Gasteiger partial charge in [-0.25, -0.2) is 0 Å². The molecule has 23 heavy (non-hydrogen) atoms. The number of rotatable bonds is 7. The van der Waals surface area contributed by atoms with E-state index in [1.807, 2.05) is 29.6 Å². The normalized spacial score (nSPS) is 10.6. The van der Waals surface area contributed by atoms with Crippen molar-refractivity contribution >= 4 is 23.3 Å². The number of hydrogen-bond donors (Lipinski definition) is 1. The number of amides is 1. The lowest BCUT2D eigenvalue weighted by molar-refractivity contribution is -0.116. The molecule has 1 heterocycles. The first-order valence-corrected chi connectivity index (χ1v) is 7.84. The number of carbonyl (C=O) groups is 1. The number of carbonyl (C=O) groups excluding carboxylic acids is 1. The summed E-state index contributed by atoms with van der Waals surface area (Å²) < 4.78 is 15.9. The predicted octanol–water partition coefficient (Wildman–Crippen LogP) is 3.10. The molecule has 0 saturated heterocycles. The quantitative estimate of drug-likeness (QED) is 0.791. The van der Waals surface area contributed by atoms with Crippen molar-refractivity contribution in [3.05, 3.63) is 46.2 Å².